The Hall–Kier alpha value is -2.91. The Bertz CT molecular complexity index is 789. The molecule has 5 heteroatoms. The number of carbonyl (C=O) groups excluding carboxylic acids is 2. The van der Waals surface area contributed by atoms with Gasteiger partial charge in [-0.25, -0.2) is 0 Å². The summed E-state index contributed by atoms with van der Waals surface area (Å²) in [7, 11) is 0. The normalized spacial score (nSPS) is 12.4. The second-order valence-electron chi connectivity index (χ2n) is 4.47. The van der Waals surface area contributed by atoms with Crippen LogP contribution in [0.2, 0.25) is 0 Å². The highest BCUT2D eigenvalue weighted by atomic mass is 16.2. The minimum Gasteiger partial charge on any atom is -0.285 e. The molecule has 0 heterocycles. The van der Waals surface area contributed by atoms with Crippen LogP contribution in [0, 0.1) is 0 Å². The highest BCUT2D eigenvalue weighted by molar-refractivity contribution is 6.52. The Morgan fingerprint density at radius 2 is 1.55 bits per heavy atom. The first-order valence-electron chi connectivity index (χ1n) is 6.04. The van der Waals surface area contributed by atoms with Crippen molar-refractivity contribution in [1.29, 1.82) is 0 Å². The molecule has 1 aliphatic rings. The lowest BCUT2D eigenvalue weighted by atomic mass is 9.83. The van der Waals surface area contributed by atoms with Gasteiger partial charge in [0.25, 0.3) is 0 Å². The van der Waals surface area contributed by atoms with E-state index in [0.717, 1.165) is 16.7 Å². The minimum atomic E-state index is -0.492. The van der Waals surface area contributed by atoms with Gasteiger partial charge in [0.1, 0.15) is 0 Å². The van der Waals surface area contributed by atoms with Crippen LogP contribution in [-0.4, -0.2) is 11.6 Å². The summed E-state index contributed by atoms with van der Waals surface area (Å²) in [5.74, 6) is -0.968. The van der Waals surface area contributed by atoms with E-state index in [9.17, 15) is 9.59 Å². The maximum absolute atomic E-state index is 12.1. The molecule has 20 heavy (non-hydrogen) atoms. The number of azide groups is 1. The summed E-state index contributed by atoms with van der Waals surface area (Å²) < 4.78 is 0. The first-order chi connectivity index (χ1) is 9.72. The van der Waals surface area contributed by atoms with Gasteiger partial charge >= 0.3 is 0 Å². The molecule has 3 rings (SSSR count). The van der Waals surface area contributed by atoms with Gasteiger partial charge < -0.3 is 0 Å². The number of carbonyl (C=O) groups is 2. The first-order valence-corrected chi connectivity index (χ1v) is 6.04. The van der Waals surface area contributed by atoms with Gasteiger partial charge in [0.2, 0.25) is 11.6 Å². The minimum absolute atomic E-state index is 0.216. The molecule has 0 aromatic heterocycles. The number of hydrogen-bond donors (Lipinski definition) is 0. The van der Waals surface area contributed by atoms with Crippen molar-refractivity contribution in [1.82, 2.24) is 0 Å². The van der Waals surface area contributed by atoms with Crippen molar-refractivity contribution in [2.75, 3.05) is 0 Å². The maximum atomic E-state index is 12.1. The van der Waals surface area contributed by atoms with E-state index in [4.69, 9.17) is 5.53 Å². The maximum Gasteiger partial charge on any atom is 0.234 e. The number of ketones is 2. The van der Waals surface area contributed by atoms with Crippen molar-refractivity contribution in [3.63, 3.8) is 0 Å². The quantitative estimate of drug-likeness (QED) is 0.359. The van der Waals surface area contributed by atoms with Gasteiger partial charge in [-0.3, -0.25) is 9.59 Å². The molecule has 0 spiro atoms. The molecule has 0 radical (unpaired) electrons. The third-order valence-electron chi connectivity index (χ3n) is 3.31. The SMILES string of the molecule is [N-]=[N+]=NCc1ccc2c(c1)-c1ccccc1C(=O)C2=O. The van der Waals surface area contributed by atoms with Crippen LogP contribution in [0.15, 0.2) is 47.6 Å². The number of benzene rings is 2. The van der Waals surface area contributed by atoms with Crippen LogP contribution < -0.4 is 0 Å². The molecule has 2 aromatic carbocycles. The zero-order valence-electron chi connectivity index (χ0n) is 10.4. The van der Waals surface area contributed by atoms with Gasteiger partial charge in [-0.2, -0.15) is 0 Å². The van der Waals surface area contributed by atoms with Crippen molar-refractivity contribution in [3.8, 4) is 11.1 Å². The number of rotatable bonds is 2. The van der Waals surface area contributed by atoms with Gasteiger partial charge in [0.15, 0.2) is 0 Å². The average molecular weight is 263 g/mol. The smallest absolute Gasteiger partial charge is 0.234 e. The number of fused-ring (bicyclic) bond motifs is 3. The Balaban J connectivity index is 2.23. The van der Waals surface area contributed by atoms with E-state index in [1.54, 1.807) is 30.3 Å². The summed E-state index contributed by atoms with van der Waals surface area (Å²) in [4.78, 5) is 26.8. The number of Topliss-reactive ketones (excluding diaryl/α,β-unsaturated/α-hetero) is 2. The molecule has 0 amide bonds. The second-order valence-corrected chi connectivity index (χ2v) is 4.47. The molecule has 0 saturated carbocycles. The fourth-order valence-electron chi connectivity index (χ4n) is 2.38. The first kappa shape index (κ1) is 12.1. The van der Waals surface area contributed by atoms with Crippen molar-refractivity contribution >= 4 is 11.6 Å². The van der Waals surface area contributed by atoms with Crippen LogP contribution in [0.3, 0.4) is 0 Å². The monoisotopic (exact) mass is 263 g/mol. The third-order valence-corrected chi connectivity index (χ3v) is 3.31. The van der Waals surface area contributed by atoms with Crippen LogP contribution in [0.5, 0.6) is 0 Å². The van der Waals surface area contributed by atoms with Crippen LogP contribution in [-0.2, 0) is 6.54 Å². The molecule has 0 saturated heterocycles. The largest absolute Gasteiger partial charge is 0.285 e. The Labute approximate surface area is 114 Å². The van der Waals surface area contributed by atoms with E-state index < -0.39 is 11.6 Å². The van der Waals surface area contributed by atoms with Crippen LogP contribution in [0.4, 0.5) is 0 Å². The molecule has 0 unspecified atom stereocenters. The van der Waals surface area contributed by atoms with E-state index in [0.29, 0.717) is 11.1 Å². The lowest BCUT2D eigenvalue weighted by Crippen LogP contribution is -2.21. The Morgan fingerprint density at radius 3 is 2.25 bits per heavy atom. The fraction of sp³-hybridized carbons (Fsp3) is 0.0667. The van der Waals surface area contributed by atoms with E-state index in [1.807, 2.05) is 12.1 Å². The van der Waals surface area contributed by atoms with Gasteiger partial charge in [-0.1, -0.05) is 47.6 Å². The fourth-order valence-corrected chi connectivity index (χ4v) is 2.38. The number of hydrogen-bond acceptors (Lipinski definition) is 3. The summed E-state index contributed by atoms with van der Waals surface area (Å²) in [5.41, 5.74) is 11.5. The highest BCUT2D eigenvalue weighted by Crippen LogP contribution is 2.34. The number of nitrogens with zero attached hydrogens (tertiary/aromatic N) is 3. The topological polar surface area (TPSA) is 82.9 Å². The summed E-state index contributed by atoms with van der Waals surface area (Å²) in [5, 5.41) is 3.51. The molecule has 0 aliphatic heterocycles. The molecule has 0 N–H and O–H groups in total. The molecule has 1 aliphatic carbocycles. The third kappa shape index (κ3) is 1.77. The lowest BCUT2D eigenvalue weighted by molar-refractivity contribution is 0.0815. The van der Waals surface area contributed by atoms with Crippen molar-refractivity contribution < 1.29 is 9.59 Å². The zero-order chi connectivity index (χ0) is 14.1. The summed E-state index contributed by atoms with van der Waals surface area (Å²) >= 11 is 0. The van der Waals surface area contributed by atoms with Gasteiger partial charge in [-0.15, -0.1) is 0 Å². The predicted octanol–water partition coefficient (Wildman–Crippen LogP) is 3.54. The van der Waals surface area contributed by atoms with Crippen molar-refractivity contribution in [3.05, 3.63) is 69.6 Å². The van der Waals surface area contributed by atoms with Crippen LogP contribution in [0.1, 0.15) is 26.3 Å². The molecule has 96 valence electrons. The average Bonchev–Trinajstić information content (AvgIpc) is 2.50. The van der Waals surface area contributed by atoms with E-state index in [-0.39, 0.29) is 6.54 Å². The highest BCUT2D eigenvalue weighted by Gasteiger charge is 2.29. The molecule has 0 bridgehead atoms. The van der Waals surface area contributed by atoms with Gasteiger partial charge in [0.05, 0.1) is 6.54 Å². The van der Waals surface area contributed by atoms with Gasteiger partial charge in [-0.05, 0) is 22.2 Å². The summed E-state index contributed by atoms with van der Waals surface area (Å²) in [6.45, 7) is 0.216. The molecule has 2 aromatic rings. The predicted molar refractivity (Wildman–Crippen MR) is 73.4 cm³/mol. The van der Waals surface area contributed by atoms with Crippen molar-refractivity contribution in [2.45, 2.75) is 6.54 Å². The molecule has 5 nitrogen and oxygen atoms in total. The van der Waals surface area contributed by atoms with E-state index in [1.165, 1.54) is 0 Å². The van der Waals surface area contributed by atoms with Crippen LogP contribution in [0.25, 0.3) is 21.6 Å². The van der Waals surface area contributed by atoms with E-state index in [2.05, 4.69) is 10.0 Å². The van der Waals surface area contributed by atoms with E-state index >= 15 is 0 Å². The standard InChI is InChI=1S/C15H9N3O2/c16-18-17-8-9-5-6-12-13(7-9)10-3-1-2-4-11(10)14(19)15(12)20/h1-7H,8H2. The molecule has 0 fully saturated rings. The molecular weight excluding hydrogens is 254 g/mol. The molecule has 0 atom stereocenters. The second kappa shape index (κ2) is 4.64. The van der Waals surface area contributed by atoms with Crippen molar-refractivity contribution in [2.24, 2.45) is 5.11 Å². The molecular formula is C15H9N3O2. The zero-order valence-corrected chi connectivity index (χ0v) is 10.4. The van der Waals surface area contributed by atoms with Gasteiger partial charge in [0, 0.05) is 16.0 Å². The van der Waals surface area contributed by atoms with Crippen LogP contribution >= 0.6 is 0 Å². The summed E-state index contributed by atoms with van der Waals surface area (Å²) in [6.07, 6.45) is 0. The summed E-state index contributed by atoms with van der Waals surface area (Å²) in [6, 6.07) is 12.1. The Morgan fingerprint density at radius 1 is 0.900 bits per heavy atom. The Kier molecular flexibility index (Phi) is 2.82. The lowest BCUT2D eigenvalue weighted by Gasteiger charge is -2.18.